The molecule has 3 aliphatic rings. The molecule has 0 amide bonds. The summed E-state index contributed by atoms with van der Waals surface area (Å²) in [5.74, 6) is 3.21. The summed E-state index contributed by atoms with van der Waals surface area (Å²) in [5, 5.41) is 15.5. The Morgan fingerprint density at radius 1 is 0.765 bits per heavy atom. The van der Waals surface area contributed by atoms with Gasteiger partial charge in [-0.15, -0.1) is 0 Å². The Kier molecular flexibility index (Phi) is 22.8. The molecule has 0 bridgehead atoms. The van der Waals surface area contributed by atoms with Crippen molar-refractivity contribution in [2.24, 2.45) is 11.8 Å². The first-order valence-corrected chi connectivity index (χ1v) is 16.4. The number of likely N-dealkylation sites (tertiary alicyclic amines) is 2. The number of carbonyl (C=O) groups excluding carboxylic acids is 1. The average Bonchev–Trinajstić information content (AvgIpc) is 3.74. The van der Waals surface area contributed by atoms with Gasteiger partial charge in [0.05, 0.1) is 45.4 Å². The van der Waals surface area contributed by atoms with Crippen molar-refractivity contribution < 1.29 is 76.0 Å². The Balaban J connectivity index is 0.000000422. The summed E-state index contributed by atoms with van der Waals surface area (Å²) in [6, 6.07) is 9.42. The van der Waals surface area contributed by atoms with Crippen LogP contribution in [-0.2, 0) is 41.6 Å². The number of aliphatic carboxylic acids is 1. The maximum atomic E-state index is 14.1. The molecule has 0 aliphatic carbocycles. The smallest absolute Gasteiger partial charge is 0.553 e. The van der Waals surface area contributed by atoms with Gasteiger partial charge in [0.2, 0.25) is 0 Å². The SMILES string of the molecule is C1CCOC1.COC(=O)C1CC(OC)CN(Cc2c(F)cccc2OC)C1.COc1cccc(F)c1CN1CC(OC)CC(C(=O)O)C1.[Li+].[NH-]O. The van der Waals surface area contributed by atoms with Gasteiger partial charge in [0, 0.05) is 77.8 Å². The predicted molar refractivity (Wildman–Crippen MR) is 180 cm³/mol. The Morgan fingerprint density at radius 2 is 1.20 bits per heavy atom. The third-order valence-corrected chi connectivity index (χ3v) is 8.71. The van der Waals surface area contributed by atoms with Gasteiger partial charge in [-0.25, -0.2) is 8.78 Å². The molecule has 3 fully saturated rings. The monoisotopic (exact) mass is 719 g/mol. The number of benzene rings is 2. The van der Waals surface area contributed by atoms with E-state index in [1.165, 1.54) is 46.3 Å². The Morgan fingerprint density at radius 3 is 1.55 bits per heavy atom. The molecule has 5 rings (SSSR count). The minimum absolute atomic E-state index is 0. The molecule has 2 aromatic carbocycles. The van der Waals surface area contributed by atoms with E-state index in [0.717, 1.165) is 13.2 Å². The zero-order valence-corrected chi connectivity index (χ0v) is 30.6. The van der Waals surface area contributed by atoms with Crippen LogP contribution >= 0.6 is 0 Å². The van der Waals surface area contributed by atoms with Crippen molar-refractivity contribution in [3.05, 3.63) is 65.1 Å². The fourth-order valence-corrected chi connectivity index (χ4v) is 6.12. The number of carboxylic acids is 1. The number of carboxylic acid groups (broad SMARTS) is 1. The maximum absolute atomic E-state index is 14.1. The van der Waals surface area contributed by atoms with Crippen LogP contribution < -0.4 is 28.3 Å². The zero-order chi connectivity index (χ0) is 37.1. The maximum Gasteiger partial charge on any atom is 1.00 e. The van der Waals surface area contributed by atoms with Crippen LogP contribution in [0.25, 0.3) is 5.90 Å². The number of nitrogens with zero attached hydrogens (tertiary/aromatic N) is 2. The third-order valence-electron chi connectivity index (χ3n) is 8.71. The minimum atomic E-state index is -0.845. The van der Waals surface area contributed by atoms with Gasteiger partial charge in [0.25, 0.3) is 0 Å². The number of hydrogen-bond acceptors (Lipinski definition) is 11. The number of ether oxygens (including phenoxy) is 6. The van der Waals surface area contributed by atoms with Crippen LogP contribution in [0.2, 0.25) is 0 Å². The van der Waals surface area contributed by atoms with Gasteiger partial charge in [-0.05, 0) is 49.9 Å². The Bertz CT molecular complexity index is 1300. The summed E-state index contributed by atoms with van der Waals surface area (Å²) < 4.78 is 58.9. The fourth-order valence-electron chi connectivity index (χ4n) is 6.12. The topological polar surface area (TPSA) is 160 Å². The molecule has 2 aromatic rings. The van der Waals surface area contributed by atoms with Gasteiger partial charge in [0.1, 0.15) is 23.1 Å². The standard InChI is InChI=1S/C16H22FNO4.C15H20FNO4.C4H8O.Li.H2NO/c1-20-12-7-11(16(19)22-3)8-18(9-12)10-13-14(17)5-4-6-15(13)21-2;1-20-11-6-10(15(18)19)7-17(8-11)9-12-13(16)4-3-5-14(12)21-2;1-2-4-5-3-1;;1-2/h4-6,11-12H,7-10H2,1-3H3;3-5,10-11H,6-9H2,1-2H3,(H,18,19);1-4H2;;1-2H/q;;;+1;-1. The molecule has 282 valence electrons. The van der Waals surface area contributed by atoms with Crippen molar-refractivity contribution in [1.29, 1.82) is 0 Å². The predicted octanol–water partition coefficient (Wildman–Crippen LogP) is 1.83. The quantitative estimate of drug-likeness (QED) is 0.209. The number of hydrogen-bond donors (Lipinski definition) is 2. The number of halogens is 2. The molecular formula is C35H52F2LiN3O10. The van der Waals surface area contributed by atoms with Crippen LogP contribution in [0.3, 0.4) is 0 Å². The van der Waals surface area contributed by atoms with E-state index in [1.54, 1.807) is 38.5 Å². The molecule has 4 atom stereocenters. The number of methoxy groups -OCH3 is 5. The summed E-state index contributed by atoms with van der Waals surface area (Å²) >= 11 is 0. The molecule has 3 heterocycles. The number of nitrogens with one attached hydrogen (secondary N) is 1. The van der Waals surface area contributed by atoms with Crippen LogP contribution in [0, 0.1) is 23.5 Å². The summed E-state index contributed by atoms with van der Waals surface area (Å²) in [7, 11) is 7.57. The molecule has 16 heteroatoms. The van der Waals surface area contributed by atoms with E-state index in [9.17, 15) is 23.5 Å². The van der Waals surface area contributed by atoms with Crippen molar-refractivity contribution >= 4 is 11.9 Å². The van der Waals surface area contributed by atoms with E-state index in [1.807, 2.05) is 9.80 Å². The van der Waals surface area contributed by atoms with Gasteiger partial charge in [-0.1, -0.05) is 12.1 Å². The van der Waals surface area contributed by atoms with Gasteiger partial charge in [-0.3, -0.25) is 19.4 Å². The molecule has 51 heavy (non-hydrogen) atoms. The summed E-state index contributed by atoms with van der Waals surface area (Å²) in [6.07, 6.45) is 3.43. The first-order valence-electron chi connectivity index (χ1n) is 16.4. The van der Waals surface area contributed by atoms with Crippen LogP contribution in [0.1, 0.15) is 36.8 Å². The summed E-state index contributed by atoms with van der Waals surface area (Å²) in [4.78, 5) is 26.9. The summed E-state index contributed by atoms with van der Waals surface area (Å²) in [5.41, 5.74) is 0.936. The largest absolute Gasteiger partial charge is 1.00 e. The van der Waals surface area contributed by atoms with Crippen molar-refractivity contribution in [3.8, 4) is 11.5 Å². The minimum Gasteiger partial charge on any atom is -0.553 e. The molecule has 0 aromatic heterocycles. The number of carbonyl (C=O) groups is 2. The molecule has 0 radical (unpaired) electrons. The molecule has 0 saturated carbocycles. The van der Waals surface area contributed by atoms with Crippen LogP contribution in [0.4, 0.5) is 8.78 Å². The Hall–Kier alpha value is -2.84. The van der Waals surface area contributed by atoms with Gasteiger partial charge >= 0.3 is 30.8 Å². The molecule has 13 nitrogen and oxygen atoms in total. The van der Waals surface area contributed by atoms with Crippen molar-refractivity contribution in [2.45, 2.75) is 51.0 Å². The number of piperidine rings is 2. The molecule has 0 spiro atoms. The van der Waals surface area contributed by atoms with Gasteiger partial charge in [0.15, 0.2) is 0 Å². The molecule has 3 aliphatic heterocycles. The van der Waals surface area contributed by atoms with E-state index in [0.29, 0.717) is 74.7 Å². The van der Waals surface area contributed by atoms with Gasteiger partial charge in [-0.2, -0.15) is 0 Å². The number of esters is 1. The molecular weight excluding hydrogens is 667 g/mol. The van der Waals surface area contributed by atoms with Crippen LogP contribution in [0.15, 0.2) is 36.4 Å². The average molecular weight is 720 g/mol. The zero-order valence-electron chi connectivity index (χ0n) is 30.6. The number of rotatable bonds is 10. The normalized spacial score (nSPS) is 21.6. The van der Waals surface area contributed by atoms with E-state index in [-0.39, 0.29) is 54.6 Å². The van der Waals surface area contributed by atoms with E-state index >= 15 is 0 Å². The molecule has 3 saturated heterocycles. The second kappa shape index (κ2) is 25.2. The fraction of sp³-hybridized carbons (Fsp3) is 0.600. The first kappa shape index (κ1) is 46.2. The summed E-state index contributed by atoms with van der Waals surface area (Å²) in [6.45, 7) is 4.79. The second-order valence-corrected chi connectivity index (χ2v) is 12.0. The first-order chi connectivity index (χ1) is 24.1. The molecule has 3 N–H and O–H groups in total. The van der Waals surface area contributed by atoms with Crippen LogP contribution in [-0.4, -0.2) is 119 Å². The van der Waals surface area contributed by atoms with Crippen LogP contribution in [0.5, 0.6) is 11.5 Å². The Labute approximate surface area is 311 Å². The van der Waals surface area contributed by atoms with Crippen molar-refractivity contribution in [1.82, 2.24) is 9.80 Å². The molecule has 4 unspecified atom stereocenters. The van der Waals surface area contributed by atoms with Crippen molar-refractivity contribution in [3.63, 3.8) is 0 Å². The third kappa shape index (κ3) is 15.0. The van der Waals surface area contributed by atoms with Gasteiger partial charge < -0.3 is 44.6 Å². The van der Waals surface area contributed by atoms with E-state index < -0.39 is 11.9 Å². The van der Waals surface area contributed by atoms with E-state index in [4.69, 9.17) is 39.5 Å². The van der Waals surface area contributed by atoms with Crippen molar-refractivity contribution in [2.75, 3.05) is 74.9 Å². The van der Waals surface area contributed by atoms with E-state index in [2.05, 4.69) is 0 Å². The second-order valence-electron chi connectivity index (χ2n) is 12.0.